The van der Waals surface area contributed by atoms with Gasteiger partial charge in [-0.1, -0.05) is 36.4 Å². The van der Waals surface area contributed by atoms with Crippen molar-refractivity contribution in [2.75, 3.05) is 7.11 Å². The fourth-order valence-electron chi connectivity index (χ4n) is 2.62. The van der Waals surface area contributed by atoms with Crippen molar-refractivity contribution >= 4 is 10.9 Å². The van der Waals surface area contributed by atoms with E-state index in [9.17, 15) is 0 Å². The predicted molar refractivity (Wildman–Crippen MR) is 78.7 cm³/mol. The van der Waals surface area contributed by atoms with Crippen LogP contribution in [0.25, 0.3) is 10.9 Å². The lowest BCUT2D eigenvalue weighted by atomic mass is 10.0. The Bertz CT molecular complexity index is 712. The lowest BCUT2D eigenvalue weighted by molar-refractivity contribution is 0.410. The number of benzene rings is 2. The van der Waals surface area contributed by atoms with Crippen molar-refractivity contribution in [3.8, 4) is 5.75 Å². The van der Waals surface area contributed by atoms with Crippen LogP contribution < -0.4 is 4.74 Å². The van der Waals surface area contributed by atoms with E-state index in [-0.39, 0.29) is 0 Å². The molecular formula is C17H17NO. The zero-order chi connectivity index (χ0) is 13.2. The van der Waals surface area contributed by atoms with Gasteiger partial charge in [0.25, 0.3) is 0 Å². The van der Waals surface area contributed by atoms with E-state index in [0.29, 0.717) is 0 Å². The van der Waals surface area contributed by atoms with E-state index in [1.807, 2.05) is 12.1 Å². The molecule has 96 valence electrons. The Labute approximate surface area is 113 Å². The summed E-state index contributed by atoms with van der Waals surface area (Å²) in [6.07, 6.45) is 3.10. The number of aryl methyl sites for hydroxylation is 1. The zero-order valence-corrected chi connectivity index (χ0v) is 11.3. The van der Waals surface area contributed by atoms with Gasteiger partial charge in [0.1, 0.15) is 5.75 Å². The maximum atomic E-state index is 5.43. The number of hydrogen-bond acceptors (Lipinski definition) is 1. The molecule has 2 nitrogen and oxygen atoms in total. The Hall–Kier alpha value is -2.22. The van der Waals surface area contributed by atoms with Crippen LogP contribution in [0.5, 0.6) is 5.75 Å². The molecule has 0 fully saturated rings. The van der Waals surface area contributed by atoms with Gasteiger partial charge in [-0.15, -0.1) is 0 Å². The summed E-state index contributed by atoms with van der Waals surface area (Å²) in [5.74, 6) is 0.954. The molecular weight excluding hydrogens is 234 g/mol. The van der Waals surface area contributed by atoms with E-state index in [2.05, 4.69) is 54.2 Å². The Kier molecular flexibility index (Phi) is 3.00. The van der Waals surface area contributed by atoms with Gasteiger partial charge in [-0.25, -0.2) is 0 Å². The van der Waals surface area contributed by atoms with E-state index in [1.54, 1.807) is 7.11 Å². The van der Waals surface area contributed by atoms with Crippen molar-refractivity contribution in [2.24, 2.45) is 7.05 Å². The highest BCUT2D eigenvalue weighted by molar-refractivity contribution is 5.84. The zero-order valence-electron chi connectivity index (χ0n) is 11.3. The fourth-order valence-corrected chi connectivity index (χ4v) is 2.62. The first-order chi connectivity index (χ1) is 9.29. The van der Waals surface area contributed by atoms with Crippen molar-refractivity contribution in [1.82, 2.24) is 4.57 Å². The van der Waals surface area contributed by atoms with Crippen LogP contribution in [0.3, 0.4) is 0 Å². The predicted octanol–water partition coefficient (Wildman–Crippen LogP) is 3.78. The summed E-state index contributed by atoms with van der Waals surface area (Å²) >= 11 is 0. The van der Waals surface area contributed by atoms with E-state index >= 15 is 0 Å². The number of hydrogen-bond donors (Lipinski definition) is 0. The summed E-state index contributed by atoms with van der Waals surface area (Å²) in [5, 5.41) is 1.32. The minimum atomic E-state index is 0.894. The van der Waals surface area contributed by atoms with Crippen molar-refractivity contribution in [1.29, 1.82) is 0 Å². The molecule has 3 aromatic rings. The Morgan fingerprint density at radius 3 is 2.53 bits per heavy atom. The summed E-state index contributed by atoms with van der Waals surface area (Å²) < 4.78 is 7.61. The van der Waals surface area contributed by atoms with E-state index in [0.717, 1.165) is 12.2 Å². The number of rotatable bonds is 3. The van der Waals surface area contributed by atoms with Crippen molar-refractivity contribution < 1.29 is 4.74 Å². The number of methoxy groups -OCH3 is 1. The standard InChI is InChI=1S/C17H17NO/c1-18-12-14(15-8-4-5-9-16(15)18)11-13-7-3-6-10-17(13)19-2/h3-10,12H,11H2,1-2H3. The SMILES string of the molecule is COc1ccccc1Cc1cn(C)c2ccccc12. The molecule has 0 aliphatic rings. The first-order valence-electron chi connectivity index (χ1n) is 6.44. The molecule has 0 amide bonds. The highest BCUT2D eigenvalue weighted by atomic mass is 16.5. The monoisotopic (exact) mass is 251 g/mol. The van der Waals surface area contributed by atoms with Gasteiger partial charge in [-0.3, -0.25) is 0 Å². The quantitative estimate of drug-likeness (QED) is 0.691. The van der Waals surface area contributed by atoms with Crippen LogP contribution in [0, 0.1) is 0 Å². The fraction of sp³-hybridized carbons (Fsp3) is 0.176. The molecule has 1 heterocycles. The van der Waals surface area contributed by atoms with E-state index < -0.39 is 0 Å². The molecule has 0 radical (unpaired) electrons. The van der Waals surface area contributed by atoms with Crippen LogP contribution in [0.2, 0.25) is 0 Å². The highest BCUT2D eigenvalue weighted by Gasteiger charge is 2.09. The van der Waals surface area contributed by atoms with Crippen LogP contribution in [-0.2, 0) is 13.5 Å². The average Bonchev–Trinajstić information content (AvgIpc) is 2.77. The van der Waals surface area contributed by atoms with Gasteiger partial charge in [-0.05, 0) is 23.3 Å². The molecule has 0 bridgehead atoms. The van der Waals surface area contributed by atoms with Crippen LogP contribution in [0.15, 0.2) is 54.7 Å². The molecule has 19 heavy (non-hydrogen) atoms. The molecule has 1 aromatic heterocycles. The maximum Gasteiger partial charge on any atom is 0.122 e. The number of ether oxygens (including phenoxy) is 1. The molecule has 3 rings (SSSR count). The molecule has 0 atom stereocenters. The van der Waals surface area contributed by atoms with E-state index in [1.165, 1.54) is 22.0 Å². The summed E-state index contributed by atoms with van der Waals surface area (Å²) in [5.41, 5.74) is 3.83. The Balaban J connectivity index is 2.06. The number of fused-ring (bicyclic) bond motifs is 1. The Morgan fingerprint density at radius 2 is 1.68 bits per heavy atom. The lowest BCUT2D eigenvalue weighted by Crippen LogP contribution is -1.92. The molecule has 0 saturated heterocycles. The summed E-state index contributed by atoms with van der Waals surface area (Å²) in [6, 6.07) is 16.7. The molecule has 0 unspecified atom stereocenters. The molecule has 2 heteroatoms. The average molecular weight is 251 g/mol. The van der Waals surface area contributed by atoms with Gasteiger partial charge in [0, 0.05) is 30.6 Å². The van der Waals surface area contributed by atoms with E-state index in [4.69, 9.17) is 4.74 Å². The molecule has 0 aliphatic carbocycles. The normalized spacial score (nSPS) is 10.8. The second-order valence-corrected chi connectivity index (χ2v) is 4.77. The number of aromatic nitrogens is 1. The van der Waals surface area contributed by atoms with Crippen LogP contribution in [0.1, 0.15) is 11.1 Å². The third kappa shape index (κ3) is 2.10. The summed E-state index contributed by atoms with van der Waals surface area (Å²) in [6.45, 7) is 0. The van der Waals surface area contributed by atoms with Gasteiger partial charge in [0.05, 0.1) is 7.11 Å². The third-order valence-corrected chi connectivity index (χ3v) is 3.55. The first-order valence-corrected chi connectivity index (χ1v) is 6.44. The van der Waals surface area contributed by atoms with Crippen LogP contribution >= 0.6 is 0 Å². The summed E-state index contributed by atoms with van der Waals surface area (Å²) in [7, 11) is 3.82. The number of para-hydroxylation sites is 2. The Morgan fingerprint density at radius 1 is 0.947 bits per heavy atom. The maximum absolute atomic E-state index is 5.43. The molecule has 2 aromatic carbocycles. The molecule has 0 spiro atoms. The number of nitrogens with zero attached hydrogens (tertiary/aromatic N) is 1. The highest BCUT2D eigenvalue weighted by Crippen LogP contribution is 2.26. The minimum Gasteiger partial charge on any atom is -0.496 e. The lowest BCUT2D eigenvalue weighted by Gasteiger charge is -2.07. The topological polar surface area (TPSA) is 14.2 Å². The van der Waals surface area contributed by atoms with Gasteiger partial charge in [0.15, 0.2) is 0 Å². The van der Waals surface area contributed by atoms with Crippen LogP contribution in [0.4, 0.5) is 0 Å². The van der Waals surface area contributed by atoms with Gasteiger partial charge >= 0.3 is 0 Å². The first kappa shape index (κ1) is 11.8. The van der Waals surface area contributed by atoms with Crippen molar-refractivity contribution in [3.05, 3.63) is 65.9 Å². The second kappa shape index (κ2) is 4.81. The molecule has 0 aliphatic heterocycles. The van der Waals surface area contributed by atoms with Crippen LogP contribution in [-0.4, -0.2) is 11.7 Å². The smallest absolute Gasteiger partial charge is 0.122 e. The third-order valence-electron chi connectivity index (χ3n) is 3.55. The van der Waals surface area contributed by atoms with Crippen molar-refractivity contribution in [3.63, 3.8) is 0 Å². The molecule has 0 N–H and O–H groups in total. The second-order valence-electron chi connectivity index (χ2n) is 4.77. The summed E-state index contributed by atoms with van der Waals surface area (Å²) in [4.78, 5) is 0. The minimum absolute atomic E-state index is 0.894. The molecule has 0 saturated carbocycles. The van der Waals surface area contributed by atoms with Crippen molar-refractivity contribution in [2.45, 2.75) is 6.42 Å². The van der Waals surface area contributed by atoms with Gasteiger partial charge < -0.3 is 9.30 Å². The largest absolute Gasteiger partial charge is 0.496 e. The van der Waals surface area contributed by atoms with Gasteiger partial charge in [-0.2, -0.15) is 0 Å². The van der Waals surface area contributed by atoms with Gasteiger partial charge in [0.2, 0.25) is 0 Å².